The molecule has 1 aliphatic rings. The number of nitrogens with zero attached hydrogens (tertiary/aromatic N) is 2. The zero-order valence-electron chi connectivity index (χ0n) is 6.34. The van der Waals surface area contributed by atoms with Crippen molar-refractivity contribution in [3.8, 4) is 0 Å². The van der Waals surface area contributed by atoms with Crippen molar-refractivity contribution in [3.63, 3.8) is 0 Å². The van der Waals surface area contributed by atoms with E-state index in [1.807, 2.05) is 13.0 Å². The number of hydrogen-bond acceptors (Lipinski definition) is 4. The topological polar surface area (TPSA) is 37.3 Å². The van der Waals surface area contributed by atoms with Crippen molar-refractivity contribution in [1.29, 1.82) is 0 Å². The van der Waals surface area contributed by atoms with Crippen LogP contribution in [0.25, 0.3) is 0 Å². The first-order valence-corrected chi connectivity index (χ1v) is 4.96. The molecule has 0 saturated heterocycles. The number of hydrogen-bond donors (Lipinski definition) is 1. The van der Waals surface area contributed by atoms with Gasteiger partial charge in [-0.2, -0.15) is 4.40 Å². The van der Waals surface area contributed by atoms with Crippen molar-refractivity contribution >= 4 is 39.5 Å². The van der Waals surface area contributed by atoms with E-state index in [-0.39, 0.29) is 0 Å². The van der Waals surface area contributed by atoms with Gasteiger partial charge in [0.15, 0.2) is 0 Å². The van der Waals surface area contributed by atoms with Crippen molar-refractivity contribution < 1.29 is 0 Å². The van der Waals surface area contributed by atoms with E-state index in [0.717, 1.165) is 21.0 Å². The lowest BCUT2D eigenvalue weighted by Gasteiger charge is -2.13. The molecule has 0 fully saturated rings. The summed E-state index contributed by atoms with van der Waals surface area (Å²) in [5, 5.41) is 3.08. The van der Waals surface area contributed by atoms with Crippen LogP contribution in [0.2, 0.25) is 0 Å². The highest BCUT2D eigenvalue weighted by Crippen LogP contribution is 2.31. The Bertz CT molecular complexity index is 351. The molecule has 62 valence electrons. The van der Waals surface area contributed by atoms with Gasteiger partial charge in [-0.3, -0.25) is 0 Å². The standard InChI is InChI=1S/C7H6BrN3S/c1-4-10-7-6(12-11-4)2-5(8)3-9-7/h2-3H,1H3,(H,9,10,11). The van der Waals surface area contributed by atoms with Gasteiger partial charge in [-0.25, -0.2) is 4.98 Å². The van der Waals surface area contributed by atoms with Crippen molar-refractivity contribution in [3.05, 3.63) is 16.7 Å². The first-order chi connectivity index (χ1) is 5.75. The van der Waals surface area contributed by atoms with Gasteiger partial charge in [0.2, 0.25) is 0 Å². The van der Waals surface area contributed by atoms with Crippen molar-refractivity contribution in [2.45, 2.75) is 11.8 Å². The lowest BCUT2D eigenvalue weighted by atomic mass is 10.4. The molecular weight excluding hydrogens is 238 g/mol. The number of fused-ring (bicyclic) bond motifs is 1. The number of nitrogens with one attached hydrogen (secondary N) is 1. The van der Waals surface area contributed by atoms with Crippen LogP contribution in [0.3, 0.4) is 0 Å². The van der Waals surface area contributed by atoms with Gasteiger partial charge >= 0.3 is 0 Å². The average Bonchev–Trinajstić information content (AvgIpc) is 2.05. The van der Waals surface area contributed by atoms with Crippen LogP contribution in [0.4, 0.5) is 5.82 Å². The number of amidine groups is 1. The van der Waals surface area contributed by atoms with E-state index in [2.05, 4.69) is 30.6 Å². The first-order valence-electron chi connectivity index (χ1n) is 3.40. The van der Waals surface area contributed by atoms with Crippen LogP contribution in [-0.4, -0.2) is 10.8 Å². The minimum Gasteiger partial charge on any atom is -0.327 e. The lowest BCUT2D eigenvalue weighted by molar-refractivity contribution is 1.21. The Hall–Kier alpha value is -0.550. The molecule has 1 aromatic rings. The van der Waals surface area contributed by atoms with Gasteiger partial charge in [-0.05, 0) is 28.9 Å². The highest BCUT2D eigenvalue weighted by Gasteiger charge is 2.10. The van der Waals surface area contributed by atoms with Crippen molar-refractivity contribution in [2.24, 2.45) is 4.40 Å². The fraction of sp³-hybridized carbons (Fsp3) is 0.143. The molecule has 0 radical (unpaired) electrons. The van der Waals surface area contributed by atoms with Crippen molar-refractivity contribution in [2.75, 3.05) is 5.32 Å². The van der Waals surface area contributed by atoms with Gasteiger partial charge in [0.05, 0.1) is 4.90 Å². The molecule has 0 aliphatic carbocycles. The maximum atomic E-state index is 4.21. The summed E-state index contributed by atoms with van der Waals surface area (Å²) in [5.74, 6) is 1.78. The Kier molecular flexibility index (Phi) is 2.06. The summed E-state index contributed by atoms with van der Waals surface area (Å²) in [6, 6.07) is 2.00. The molecule has 0 saturated carbocycles. The predicted octanol–water partition coefficient (Wildman–Crippen LogP) is 2.70. The summed E-state index contributed by atoms with van der Waals surface area (Å²) in [6.45, 7) is 1.92. The molecule has 0 atom stereocenters. The lowest BCUT2D eigenvalue weighted by Crippen LogP contribution is -2.11. The second kappa shape index (κ2) is 3.06. The monoisotopic (exact) mass is 243 g/mol. The zero-order chi connectivity index (χ0) is 8.55. The SMILES string of the molecule is CC1=NSc2cc(Br)cnc2N1. The van der Waals surface area contributed by atoms with Crippen LogP contribution in [0.1, 0.15) is 6.92 Å². The minimum atomic E-state index is 0.885. The Labute approximate surface area is 82.9 Å². The van der Waals surface area contributed by atoms with E-state index in [1.54, 1.807) is 6.20 Å². The van der Waals surface area contributed by atoms with Gasteiger partial charge in [-0.1, -0.05) is 0 Å². The molecule has 5 heteroatoms. The number of pyridine rings is 1. The molecule has 12 heavy (non-hydrogen) atoms. The summed E-state index contributed by atoms with van der Waals surface area (Å²) in [5.41, 5.74) is 0. The fourth-order valence-corrected chi connectivity index (χ4v) is 2.03. The minimum absolute atomic E-state index is 0.885. The number of rotatable bonds is 0. The average molecular weight is 244 g/mol. The summed E-state index contributed by atoms with van der Waals surface area (Å²) in [6.07, 6.45) is 1.77. The second-order valence-corrected chi connectivity index (χ2v) is 4.11. The van der Waals surface area contributed by atoms with Gasteiger partial charge in [0.1, 0.15) is 11.7 Å². The van der Waals surface area contributed by atoms with E-state index in [9.17, 15) is 0 Å². The molecule has 0 aromatic carbocycles. The third-order valence-electron chi connectivity index (χ3n) is 1.40. The maximum Gasteiger partial charge on any atom is 0.146 e. The van der Waals surface area contributed by atoms with E-state index in [1.165, 1.54) is 11.9 Å². The molecule has 0 amide bonds. The highest BCUT2D eigenvalue weighted by molar-refractivity contribution is 9.10. The van der Waals surface area contributed by atoms with Crippen LogP contribution in [0, 0.1) is 0 Å². The van der Waals surface area contributed by atoms with Gasteiger partial charge in [0, 0.05) is 22.6 Å². The molecule has 1 N–H and O–H groups in total. The highest BCUT2D eigenvalue weighted by atomic mass is 79.9. The maximum absolute atomic E-state index is 4.21. The smallest absolute Gasteiger partial charge is 0.146 e. The summed E-state index contributed by atoms with van der Waals surface area (Å²) >= 11 is 4.80. The largest absolute Gasteiger partial charge is 0.327 e. The fourth-order valence-electron chi connectivity index (χ4n) is 0.896. The van der Waals surface area contributed by atoms with E-state index < -0.39 is 0 Å². The van der Waals surface area contributed by atoms with Crippen LogP contribution >= 0.6 is 27.9 Å². The molecule has 1 aromatic heterocycles. The number of halogens is 1. The summed E-state index contributed by atoms with van der Waals surface area (Å²) < 4.78 is 5.15. The number of aromatic nitrogens is 1. The molecular formula is C7H6BrN3S. The molecule has 0 spiro atoms. The third kappa shape index (κ3) is 1.47. The Balaban J connectivity index is 2.43. The van der Waals surface area contributed by atoms with Crippen LogP contribution < -0.4 is 5.32 Å². The van der Waals surface area contributed by atoms with E-state index in [0.29, 0.717) is 0 Å². The molecule has 2 rings (SSSR count). The Morgan fingerprint density at radius 1 is 1.58 bits per heavy atom. The van der Waals surface area contributed by atoms with Gasteiger partial charge < -0.3 is 5.32 Å². The van der Waals surface area contributed by atoms with E-state index in [4.69, 9.17) is 0 Å². The zero-order valence-corrected chi connectivity index (χ0v) is 8.74. The molecule has 0 bridgehead atoms. The third-order valence-corrected chi connectivity index (χ3v) is 2.71. The summed E-state index contributed by atoms with van der Waals surface area (Å²) in [7, 11) is 0. The van der Waals surface area contributed by atoms with Crippen LogP contribution in [-0.2, 0) is 0 Å². The van der Waals surface area contributed by atoms with Crippen LogP contribution in [0.5, 0.6) is 0 Å². The predicted molar refractivity (Wildman–Crippen MR) is 54.5 cm³/mol. The van der Waals surface area contributed by atoms with Gasteiger partial charge in [0.25, 0.3) is 0 Å². The number of anilines is 1. The van der Waals surface area contributed by atoms with Crippen molar-refractivity contribution in [1.82, 2.24) is 4.98 Å². The molecule has 1 aliphatic heterocycles. The second-order valence-electron chi connectivity index (χ2n) is 2.39. The van der Waals surface area contributed by atoms with Gasteiger partial charge in [-0.15, -0.1) is 0 Å². The molecule has 0 unspecified atom stereocenters. The molecule has 3 nitrogen and oxygen atoms in total. The molecule has 2 heterocycles. The Morgan fingerprint density at radius 3 is 3.25 bits per heavy atom. The normalized spacial score (nSPS) is 14.7. The quantitative estimate of drug-likeness (QED) is 0.713. The first kappa shape index (κ1) is 8.07. The summed E-state index contributed by atoms with van der Waals surface area (Å²) in [4.78, 5) is 5.26. The van der Waals surface area contributed by atoms with Crippen LogP contribution in [0.15, 0.2) is 26.0 Å². The van der Waals surface area contributed by atoms with E-state index >= 15 is 0 Å². The Morgan fingerprint density at radius 2 is 2.42 bits per heavy atom.